The van der Waals surface area contributed by atoms with Gasteiger partial charge in [0.2, 0.25) is 0 Å². The van der Waals surface area contributed by atoms with Crippen LogP contribution < -0.4 is 0 Å². The van der Waals surface area contributed by atoms with Gasteiger partial charge in [0.15, 0.2) is 0 Å². The van der Waals surface area contributed by atoms with Crippen molar-refractivity contribution in [2.24, 2.45) is 10.2 Å². The molecular weight excluding hydrogens is 78.1 g/mol. The van der Waals surface area contributed by atoms with E-state index in [1.165, 1.54) is 5.12 Å². The van der Waals surface area contributed by atoms with Crippen molar-refractivity contribution in [3.8, 4) is 0 Å². The molecule has 0 heterocycles. The van der Waals surface area contributed by atoms with Gasteiger partial charge in [0.05, 0.1) is 0 Å². The monoisotopic (exact) mass is 85.1 g/mol. The van der Waals surface area contributed by atoms with E-state index >= 15 is 0 Å². The predicted octanol–water partition coefficient (Wildman–Crippen LogP) is 0.149. The van der Waals surface area contributed by atoms with Crippen LogP contribution in [0.4, 0.5) is 0 Å². The topological polar surface area (TPSA) is 28.0 Å². The molecule has 0 aromatic rings. The Hall–Kier alpha value is -0.860. The van der Waals surface area contributed by atoms with Crippen molar-refractivity contribution in [3.63, 3.8) is 0 Å². The van der Waals surface area contributed by atoms with Crippen molar-refractivity contribution < 1.29 is 0 Å². The maximum absolute atomic E-state index is 3.36. The van der Waals surface area contributed by atoms with E-state index in [1.807, 2.05) is 0 Å². The minimum atomic E-state index is 1.28. The van der Waals surface area contributed by atoms with Gasteiger partial charge in [0.25, 0.3) is 0 Å². The lowest BCUT2D eigenvalue weighted by atomic mass is 11.4. The van der Waals surface area contributed by atoms with E-state index in [2.05, 4.69) is 23.6 Å². The Labute approximate surface area is 37.0 Å². The van der Waals surface area contributed by atoms with Crippen molar-refractivity contribution in [1.29, 1.82) is 0 Å². The molecule has 0 N–H and O–H groups in total. The van der Waals surface area contributed by atoms with E-state index < -0.39 is 0 Å². The van der Waals surface area contributed by atoms with Crippen molar-refractivity contribution in [2.75, 3.05) is 7.05 Å². The van der Waals surface area contributed by atoms with Crippen LogP contribution in [0.1, 0.15) is 0 Å². The van der Waals surface area contributed by atoms with Gasteiger partial charge >= 0.3 is 0 Å². The molecule has 0 aromatic carbocycles. The van der Waals surface area contributed by atoms with Gasteiger partial charge in [-0.1, -0.05) is 0 Å². The average Bonchev–Trinajstić information content (AvgIpc) is 1.65. The number of hydrazone groups is 2. The Morgan fingerprint density at radius 3 is 1.67 bits per heavy atom. The lowest BCUT2D eigenvalue weighted by Gasteiger charge is -1.97. The molecule has 0 fully saturated rings. The summed E-state index contributed by atoms with van der Waals surface area (Å²) in [6.45, 7) is 6.35. The van der Waals surface area contributed by atoms with Crippen molar-refractivity contribution >= 4 is 13.4 Å². The van der Waals surface area contributed by atoms with Gasteiger partial charge in [0, 0.05) is 20.5 Å². The average molecular weight is 85.1 g/mol. The highest BCUT2D eigenvalue weighted by molar-refractivity contribution is 5.24. The van der Waals surface area contributed by atoms with Crippen LogP contribution in [-0.2, 0) is 0 Å². The Kier molecular flexibility index (Phi) is 2.04. The van der Waals surface area contributed by atoms with Crippen molar-refractivity contribution in [1.82, 2.24) is 5.12 Å². The Morgan fingerprint density at radius 2 is 1.67 bits per heavy atom. The van der Waals surface area contributed by atoms with Crippen LogP contribution in [0, 0.1) is 0 Å². The molecule has 0 aliphatic heterocycles. The molecule has 0 aliphatic rings. The van der Waals surface area contributed by atoms with Crippen molar-refractivity contribution in [3.05, 3.63) is 0 Å². The van der Waals surface area contributed by atoms with E-state index in [1.54, 1.807) is 7.05 Å². The molecule has 3 nitrogen and oxygen atoms in total. The highest BCUT2D eigenvalue weighted by atomic mass is 15.6. The fraction of sp³-hybridized carbons (Fsp3) is 0.333. The summed E-state index contributed by atoms with van der Waals surface area (Å²) >= 11 is 0. The minimum Gasteiger partial charge on any atom is -0.189 e. The third kappa shape index (κ3) is 1.46. The second kappa shape index (κ2) is 2.38. The lowest BCUT2D eigenvalue weighted by molar-refractivity contribution is 0.385. The zero-order chi connectivity index (χ0) is 4.99. The van der Waals surface area contributed by atoms with Crippen LogP contribution in [0.15, 0.2) is 10.2 Å². The summed E-state index contributed by atoms with van der Waals surface area (Å²) in [7, 11) is 1.65. The van der Waals surface area contributed by atoms with Gasteiger partial charge in [-0.05, 0) is 0 Å². The summed E-state index contributed by atoms with van der Waals surface area (Å²) in [6, 6.07) is 0. The fourth-order valence-electron chi connectivity index (χ4n) is 0.0447. The van der Waals surface area contributed by atoms with Crippen LogP contribution in [0.25, 0.3) is 0 Å². The maximum Gasteiger partial charge on any atom is 0.0495 e. The van der Waals surface area contributed by atoms with Gasteiger partial charge in [-0.3, -0.25) is 0 Å². The van der Waals surface area contributed by atoms with E-state index in [4.69, 9.17) is 0 Å². The zero-order valence-corrected chi connectivity index (χ0v) is 3.76. The quantitative estimate of drug-likeness (QED) is 0.346. The molecule has 0 rings (SSSR count). The highest BCUT2D eigenvalue weighted by Crippen LogP contribution is 1.74. The molecule has 0 amide bonds. The van der Waals surface area contributed by atoms with Crippen molar-refractivity contribution in [2.45, 2.75) is 0 Å². The first-order chi connectivity index (χ1) is 2.81. The molecule has 0 aliphatic carbocycles. The normalized spacial score (nSPS) is 6.83. The molecule has 0 saturated carbocycles. The number of nitrogens with zero attached hydrogens (tertiary/aromatic N) is 3. The van der Waals surface area contributed by atoms with E-state index in [0.29, 0.717) is 0 Å². The second-order valence-electron chi connectivity index (χ2n) is 0.772. The van der Waals surface area contributed by atoms with Gasteiger partial charge in [-0.25, -0.2) is 0 Å². The molecule has 0 radical (unpaired) electrons. The van der Waals surface area contributed by atoms with E-state index in [0.717, 1.165) is 0 Å². The van der Waals surface area contributed by atoms with Gasteiger partial charge < -0.3 is 0 Å². The van der Waals surface area contributed by atoms with Gasteiger partial charge in [-0.2, -0.15) is 15.3 Å². The highest BCUT2D eigenvalue weighted by Gasteiger charge is 1.70. The van der Waals surface area contributed by atoms with Gasteiger partial charge in [-0.15, -0.1) is 0 Å². The molecule has 6 heavy (non-hydrogen) atoms. The molecular formula is C3H7N3. The summed E-state index contributed by atoms with van der Waals surface area (Å²) in [4.78, 5) is 0. The largest absolute Gasteiger partial charge is 0.189 e. The van der Waals surface area contributed by atoms with Crippen LogP contribution in [0.2, 0.25) is 0 Å². The molecule has 0 aromatic heterocycles. The predicted molar refractivity (Wildman–Crippen MR) is 26.9 cm³/mol. The molecule has 0 unspecified atom stereocenters. The van der Waals surface area contributed by atoms with Crippen LogP contribution in [0.3, 0.4) is 0 Å². The second-order valence-corrected chi connectivity index (χ2v) is 0.772. The first-order valence-electron chi connectivity index (χ1n) is 1.48. The van der Waals surface area contributed by atoms with E-state index in [-0.39, 0.29) is 0 Å². The summed E-state index contributed by atoms with van der Waals surface area (Å²) in [5, 5.41) is 8.00. The minimum absolute atomic E-state index is 1.28. The lowest BCUT2D eigenvalue weighted by Crippen LogP contribution is -1.96. The standard InChI is InChI=1S/C3H7N3/c1-4-6(3)5-2/h1-2H2,3H3. The number of rotatable bonds is 2. The smallest absolute Gasteiger partial charge is 0.0495 e. The van der Waals surface area contributed by atoms with Crippen LogP contribution in [0.5, 0.6) is 0 Å². The summed E-state index contributed by atoms with van der Waals surface area (Å²) in [6.07, 6.45) is 0. The number of hydrogen-bond donors (Lipinski definition) is 0. The SMILES string of the molecule is C=NN(C)N=C. The summed E-state index contributed by atoms with van der Waals surface area (Å²) in [5.41, 5.74) is 0. The Balaban J connectivity index is 3.21. The van der Waals surface area contributed by atoms with Crippen LogP contribution in [-0.4, -0.2) is 25.6 Å². The third-order valence-corrected chi connectivity index (χ3v) is 0.409. The Morgan fingerprint density at radius 1 is 1.33 bits per heavy atom. The third-order valence-electron chi connectivity index (χ3n) is 0.409. The molecule has 3 heteroatoms. The summed E-state index contributed by atoms with van der Waals surface area (Å²) in [5.74, 6) is 0. The maximum atomic E-state index is 3.36. The molecule has 34 valence electrons. The summed E-state index contributed by atoms with van der Waals surface area (Å²) < 4.78 is 0. The molecule has 0 atom stereocenters. The first-order valence-corrected chi connectivity index (χ1v) is 1.48. The Bertz CT molecular complexity index is 51.1. The van der Waals surface area contributed by atoms with E-state index in [9.17, 15) is 0 Å². The van der Waals surface area contributed by atoms with Crippen LogP contribution >= 0.6 is 0 Å². The fourth-order valence-corrected chi connectivity index (χ4v) is 0.0447. The van der Waals surface area contributed by atoms with Gasteiger partial charge in [0.1, 0.15) is 0 Å². The number of hydrogen-bond acceptors (Lipinski definition) is 3. The zero-order valence-electron chi connectivity index (χ0n) is 3.76. The molecule has 0 bridgehead atoms. The molecule has 0 spiro atoms. The molecule has 0 saturated heterocycles. The first kappa shape index (κ1) is 5.14.